The minimum absolute atomic E-state index is 0.248. The molecule has 129 heavy (non-hydrogen) atoms. The van der Waals surface area contributed by atoms with Crippen molar-refractivity contribution in [2.24, 2.45) is 0 Å². The molecule has 0 aromatic heterocycles. The third kappa shape index (κ3) is 34.2. The van der Waals surface area contributed by atoms with Crippen molar-refractivity contribution >= 4 is 75.4 Å². The molecule has 1 N–H and O–H groups in total. The van der Waals surface area contributed by atoms with Gasteiger partial charge in [0.05, 0.1) is 0 Å². The zero-order valence-electron chi connectivity index (χ0n) is 81.2. The highest BCUT2D eigenvalue weighted by Gasteiger charge is 2.12. The molecule has 0 aliphatic carbocycles. The molecule has 18 aromatic carbocycles. The minimum atomic E-state index is 0.248. The number of aromatic hydroxyl groups is 1. The van der Waals surface area contributed by atoms with E-state index in [1.165, 1.54) is 103 Å². The molecule has 0 heterocycles. The van der Waals surface area contributed by atoms with Crippen LogP contribution >= 0.6 is 0 Å². The first-order chi connectivity index (χ1) is 63.8. The van der Waals surface area contributed by atoms with Gasteiger partial charge in [-0.2, -0.15) is 0 Å². The fraction of sp³-hybridized carbons (Fsp3) is 0.230. The standard InChI is InChI=1S/C28H22O2.C21H16O.C19H18O.C17H14O2.C17H14O.10C2H6/c1-3-15-25-21(9-1)11-7-13-23(25)19-29-27-17-5-6-18-28(27)30-20-24-14-8-12-22-10-2-4-16-26(22)24;1-2-8-18-14-20(13-12-16(18)6-1)22-15-19-10-5-9-17-7-3-4-11-21(17)19;1-14-7-5-8-15(2)19(14)20-13-17-11-6-10-16-9-3-4-12-18(16)17;18-15-8-10-16(11-9-15)19-12-14-6-3-5-13-4-1-2-7-17(13)14;1-2-10-16(11-3-1)18-13-15-9-6-8-14-7-4-5-12-17(14)15;10*1-2/h1-18H,19-20H2;1-14H,15H2;3-12H,13H2,1-2H3;1-11,18H,12H2;1-12H,13H2;10*1-2H3. The second-order valence-electron chi connectivity index (χ2n) is 26.5. The summed E-state index contributed by atoms with van der Waals surface area (Å²) in [6, 6.07) is 134. The lowest BCUT2D eigenvalue weighted by Gasteiger charge is -2.14. The number of ether oxygens (including phenoxy) is 6. The van der Waals surface area contributed by atoms with Crippen LogP contribution in [0.2, 0.25) is 0 Å². The highest BCUT2D eigenvalue weighted by molar-refractivity contribution is 5.90. The Morgan fingerprint density at radius 1 is 0.171 bits per heavy atom. The molecule has 18 aromatic rings. The molecule has 0 radical (unpaired) electrons. The number of aryl methyl sites for hydroxylation is 2. The number of rotatable bonds is 18. The first-order valence-corrected chi connectivity index (χ1v) is 46.8. The molecule has 0 unspecified atom stereocenters. The predicted molar refractivity (Wildman–Crippen MR) is 564 cm³/mol. The Bertz CT molecular complexity index is 5860. The summed E-state index contributed by atoms with van der Waals surface area (Å²) in [7, 11) is 0. The van der Waals surface area contributed by atoms with Gasteiger partial charge in [-0.1, -0.05) is 472 Å². The van der Waals surface area contributed by atoms with Crippen molar-refractivity contribution in [3.8, 4) is 40.2 Å². The lowest BCUT2D eigenvalue weighted by atomic mass is 10.1. The fourth-order valence-corrected chi connectivity index (χ4v) is 13.5. The van der Waals surface area contributed by atoms with Crippen LogP contribution in [-0.4, -0.2) is 5.11 Å². The Hall–Kier alpha value is -13.6. The van der Waals surface area contributed by atoms with Crippen molar-refractivity contribution in [2.45, 2.75) is 192 Å². The topological polar surface area (TPSA) is 75.6 Å². The summed E-state index contributed by atoms with van der Waals surface area (Å²) in [4.78, 5) is 0. The zero-order valence-corrected chi connectivity index (χ0v) is 81.2. The van der Waals surface area contributed by atoms with Crippen LogP contribution in [0.5, 0.6) is 40.2 Å². The van der Waals surface area contributed by atoms with E-state index in [2.05, 4.69) is 305 Å². The maximum Gasteiger partial charge on any atom is 0.161 e. The molecular formula is C122H144O7. The number of phenols is 1. The first-order valence-electron chi connectivity index (χ1n) is 46.8. The number of hydrogen-bond acceptors (Lipinski definition) is 7. The van der Waals surface area contributed by atoms with Gasteiger partial charge in [-0.15, -0.1) is 0 Å². The smallest absolute Gasteiger partial charge is 0.161 e. The number of para-hydroxylation sites is 4. The third-order valence-electron chi connectivity index (χ3n) is 19.2. The Labute approximate surface area is 775 Å². The monoisotopic (exact) mass is 1720 g/mol. The normalized spacial score (nSPS) is 9.53. The fourth-order valence-electron chi connectivity index (χ4n) is 13.5. The molecule has 7 heteroatoms. The van der Waals surface area contributed by atoms with Crippen LogP contribution in [0.4, 0.5) is 0 Å². The average molecular weight is 1720 g/mol. The van der Waals surface area contributed by atoms with Gasteiger partial charge in [0.15, 0.2) is 11.5 Å². The highest BCUT2D eigenvalue weighted by Crippen LogP contribution is 2.33. The number of hydrogen-bond donors (Lipinski definition) is 1. The Morgan fingerprint density at radius 2 is 0.388 bits per heavy atom. The van der Waals surface area contributed by atoms with Crippen molar-refractivity contribution in [1.29, 1.82) is 0 Å². The summed E-state index contributed by atoms with van der Waals surface area (Å²) in [5.41, 5.74) is 9.52. The van der Waals surface area contributed by atoms with Crippen LogP contribution in [0.25, 0.3) is 75.4 Å². The Balaban J connectivity index is 0.000000324. The molecule has 0 amide bonds. The zero-order chi connectivity index (χ0) is 94.2. The van der Waals surface area contributed by atoms with Crippen LogP contribution in [0, 0.1) is 13.8 Å². The average Bonchev–Trinajstić information content (AvgIpc) is 0.827. The summed E-state index contributed by atoms with van der Waals surface area (Å²) in [5.74, 6) is 5.33. The molecule has 0 atom stereocenters. The van der Waals surface area contributed by atoms with Crippen LogP contribution < -0.4 is 28.4 Å². The van der Waals surface area contributed by atoms with E-state index in [0.29, 0.717) is 39.6 Å². The molecular weight excluding hydrogens is 1580 g/mol. The van der Waals surface area contributed by atoms with Gasteiger partial charge in [0.2, 0.25) is 0 Å². The van der Waals surface area contributed by atoms with Gasteiger partial charge in [-0.3, -0.25) is 0 Å². The summed E-state index contributed by atoms with van der Waals surface area (Å²) in [5, 5.41) is 26.5. The van der Waals surface area contributed by atoms with Gasteiger partial charge in [0.1, 0.15) is 68.4 Å². The van der Waals surface area contributed by atoms with Gasteiger partial charge in [-0.25, -0.2) is 0 Å². The van der Waals surface area contributed by atoms with E-state index in [-0.39, 0.29) is 5.75 Å². The van der Waals surface area contributed by atoms with Crippen LogP contribution in [0.1, 0.15) is 183 Å². The lowest BCUT2D eigenvalue weighted by molar-refractivity contribution is 0.257. The van der Waals surface area contributed by atoms with Gasteiger partial charge in [-0.05, 0) is 194 Å². The van der Waals surface area contributed by atoms with Gasteiger partial charge < -0.3 is 33.5 Å². The second-order valence-corrected chi connectivity index (χ2v) is 26.5. The van der Waals surface area contributed by atoms with Crippen molar-refractivity contribution in [3.63, 3.8) is 0 Å². The first kappa shape index (κ1) is 108. The summed E-state index contributed by atoms with van der Waals surface area (Å²) in [6.45, 7) is 47.5. The van der Waals surface area contributed by atoms with E-state index in [9.17, 15) is 5.11 Å². The maximum absolute atomic E-state index is 9.23. The number of fused-ring (bicyclic) bond motifs is 7. The maximum atomic E-state index is 9.23. The molecule has 0 saturated carbocycles. The van der Waals surface area contributed by atoms with Crippen molar-refractivity contribution in [1.82, 2.24) is 0 Å². The van der Waals surface area contributed by atoms with Crippen LogP contribution in [0.3, 0.4) is 0 Å². The van der Waals surface area contributed by atoms with Gasteiger partial charge >= 0.3 is 0 Å². The van der Waals surface area contributed by atoms with E-state index in [4.69, 9.17) is 28.4 Å². The molecule has 0 bridgehead atoms. The van der Waals surface area contributed by atoms with Crippen molar-refractivity contribution < 1.29 is 33.5 Å². The molecule has 0 fully saturated rings. The molecule has 0 spiro atoms. The third-order valence-corrected chi connectivity index (χ3v) is 19.2. The Morgan fingerprint density at radius 3 is 0.698 bits per heavy atom. The quantitative estimate of drug-likeness (QED) is 0.0917. The number of phenolic OH excluding ortho intramolecular Hbond substituents is 1. The summed E-state index contributed by atoms with van der Waals surface area (Å²) >= 11 is 0. The van der Waals surface area contributed by atoms with Gasteiger partial charge in [0.25, 0.3) is 0 Å². The van der Waals surface area contributed by atoms with E-state index in [0.717, 1.165) is 51.2 Å². The predicted octanol–water partition coefficient (Wildman–Crippen LogP) is 36.6. The van der Waals surface area contributed by atoms with Crippen LogP contribution in [0.15, 0.2) is 394 Å². The van der Waals surface area contributed by atoms with Gasteiger partial charge in [0, 0.05) is 0 Å². The number of benzene rings is 18. The molecule has 674 valence electrons. The Kier molecular flexibility index (Phi) is 54.3. The molecule has 18 rings (SSSR count). The van der Waals surface area contributed by atoms with Crippen molar-refractivity contribution in [2.75, 3.05) is 0 Å². The summed E-state index contributed by atoms with van der Waals surface area (Å²) in [6.07, 6.45) is 0. The minimum Gasteiger partial charge on any atom is -0.508 e. The highest BCUT2D eigenvalue weighted by atomic mass is 16.5. The molecule has 0 saturated heterocycles. The molecule has 0 aliphatic heterocycles. The van der Waals surface area contributed by atoms with Crippen molar-refractivity contribution in [3.05, 3.63) is 439 Å². The largest absolute Gasteiger partial charge is 0.508 e. The van der Waals surface area contributed by atoms with E-state index in [1.807, 2.05) is 217 Å². The lowest BCUT2D eigenvalue weighted by Crippen LogP contribution is -2.01. The summed E-state index contributed by atoms with van der Waals surface area (Å²) < 4.78 is 36.0. The van der Waals surface area contributed by atoms with E-state index in [1.54, 1.807) is 24.3 Å². The van der Waals surface area contributed by atoms with E-state index < -0.39 is 0 Å². The van der Waals surface area contributed by atoms with Crippen LogP contribution in [-0.2, 0) is 39.6 Å². The SMILES string of the molecule is CC.CC.CC.CC.CC.CC.CC.CC.CC.CC.Cc1cccc(C)c1OCc1cccc2ccccc12.Oc1ccc(OCc2cccc3ccccc23)cc1.c1ccc(OCc2cccc3ccccc23)c(OCc2cccc3ccccc23)c1.c1ccc(OCc2cccc3ccccc23)cc1.c1ccc2cc(OCc3cccc4ccccc34)ccc2c1. The van der Waals surface area contributed by atoms with E-state index >= 15 is 0 Å². The molecule has 0 aliphatic rings. The molecule has 7 nitrogen and oxygen atoms in total. The second kappa shape index (κ2) is 65.0.